The van der Waals surface area contributed by atoms with Crippen molar-refractivity contribution in [3.8, 4) is 0 Å². The predicted molar refractivity (Wildman–Crippen MR) is 148 cm³/mol. The molecule has 1 rings (SSSR count). The lowest BCUT2D eigenvalue weighted by Crippen LogP contribution is -2.52. The van der Waals surface area contributed by atoms with Gasteiger partial charge >= 0.3 is 8.80 Å². The zero-order valence-electron chi connectivity index (χ0n) is 21.4. The van der Waals surface area contributed by atoms with Crippen LogP contribution in [0.2, 0.25) is 0 Å². The molecule has 1 N–H and O–H groups in total. The van der Waals surface area contributed by atoms with Crippen molar-refractivity contribution >= 4 is 26.6 Å². The van der Waals surface area contributed by atoms with Crippen LogP contribution in [0.5, 0.6) is 0 Å². The van der Waals surface area contributed by atoms with Crippen molar-refractivity contribution < 1.29 is 13.3 Å². The summed E-state index contributed by atoms with van der Waals surface area (Å²) in [7, 11) is -2.86. The molecule has 1 aromatic rings. The lowest BCUT2D eigenvalue weighted by molar-refractivity contribution is 0.0740. The van der Waals surface area contributed by atoms with Crippen LogP contribution in [-0.4, -0.2) is 75.9 Å². The molecule has 0 saturated heterocycles. The summed E-state index contributed by atoms with van der Waals surface area (Å²) in [5.74, 6) is 1.95. The molecule has 202 valence electrons. The zero-order chi connectivity index (χ0) is 23.8. The van der Waals surface area contributed by atoms with Crippen LogP contribution in [0.15, 0.2) is 0 Å². The summed E-state index contributed by atoms with van der Waals surface area (Å²) in [5, 5.41) is 3.36. The van der Waals surface area contributed by atoms with Gasteiger partial charge in [0, 0.05) is 46.0 Å². The second-order valence-electron chi connectivity index (χ2n) is 7.46. The molecule has 0 aliphatic carbocycles. The Morgan fingerprint density at radius 3 is 1.41 bits per heavy atom. The summed E-state index contributed by atoms with van der Waals surface area (Å²) < 4.78 is 17.9. The second kappa shape index (κ2) is 19.8. The van der Waals surface area contributed by atoms with Gasteiger partial charge in [0.25, 0.3) is 0 Å². The van der Waals surface area contributed by atoms with Crippen molar-refractivity contribution in [2.24, 2.45) is 0 Å². The van der Waals surface area contributed by atoms with E-state index in [1.807, 2.05) is 20.8 Å². The lowest BCUT2D eigenvalue weighted by Gasteiger charge is -2.29. The number of rotatable bonds is 19. The third-order valence-electron chi connectivity index (χ3n) is 5.06. The summed E-state index contributed by atoms with van der Waals surface area (Å²) in [5.41, 5.74) is 0. The third-order valence-corrected chi connectivity index (χ3v) is 7.86. The van der Waals surface area contributed by atoms with Gasteiger partial charge in [0.1, 0.15) is 0 Å². The monoisotopic (exact) mass is 502 g/mol. The van der Waals surface area contributed by atoms with E-state index < -0.39 is 8.80 Å². The van der Waals surface area contributed by atoms with E-state index in [1.165, 1.54) is 0 Å². The quantitative estimate of drug-likeness (QED) is 0.250. The van der Waals surface area contributed by atoms with E-state index in [0.29, 0.717) is 43.8 Å². The molecule has 0 spiro atoms. The fourth-order valence-electron chi connectivity index (χ4n) is 3.34. The van der Waals surface area contributed by atoms with Crippen molar-refractivity contribution in [3.63, 3.8) is 0 Å². The first-order chi connectivity index (χ1) is 15.5. The molecule has 10 heteroatoms. The average Bonchev–Trinajstić information content (AvgIpc) is 2.79. The van der Waals surface area contributed by atoms with Crippen molar-refractivity contribution in [1.29, 1.82) is 0 Å². The Hall–Kier alpha value is -1.49. The van der Waals surface area contributed by atoms with E-state index in [9.17, 15) is 0 Å². The maximum atomic E-state index is 5.98. The van der Waals surface area contributed by atoms with Crippen molar-refractivity contribution in [2.45, 2.75) is 89.0 Å². The fraction of sp³-hybridized carbons (Fsp3) is 0.875. The number of hydrogen-bond donors (Lipinski definition) is 1. The van der Waals surface area contributed by atoms with Crippen molar-refractivity contribution in [2.75, 3.05) is 67.3 Å². The topological polar surface area (TPSA) is 84.9 Å². The van der Waals surface area contributed by atoms with Crippen LogP contribution >= 0.6 is 0 Å². The second-order valence-corrected chi connectivity index (χ2v) is 10.0. The molecule has 0 atom stereocenters. The molecule has 0 fully saturated rings. The highest BCUT2D eigenvalue weighted by Crippen LogP contribution is 2.19. The molecule has 0 unspecified atom stereocenters. The van der Waals surface area contributed by atoms with Gasteiger partial charge in [0.05, 0.1) is 6.17 Å². The Bertz CT molecular complexity index is 575. The molecule has 0 aliphatic heterocycles. The first-order valence-corrected chi connectivity index (χ1v) is 14.4. The van der Waals surface area contributed by atoms with Crippen LogP contribution in [0, 0.1) is 0 Å². The Labute approximate surface area is 211 Å². The van der Waals surface area contributed by atoms with Crippen LogP contribution in [0.4, 0.5) is 17.8 Å². The fourth-order valence-corrected chi connectivity index (χ4v) is 5.59. The van der Waals surface area contributed by atoms with Gasteiger partial charge in [-0.1, -0.05) is 41.5 Å². The SMILES string of the molecule is C.C.CCCCN(CC)c1nc(NC[Si](OCC)(OCC)OCC)nc(N(CC)CCCC)n1. The van der Waals surface area contributed by atoms with E-state index in [4.69, 9.17) is 28.2 Å². The summed E-state index contributed by atoms with van der Waals surface area (Å²) in [6.45, 7) is 19.7. The first-order valence-electron chi connectivity index (χ1n) is 12.4. The van der Waals surface area contributed by atoms with Crippen LogP contribution in [0.3, 0.4) is 0 Å². The van der Waals surface area contributed by atoms with E-state index in [2.05, 4.69) is 42.8 Å². The highest BCUT2D eigenvalue weighted by Gasteiger charge is 2.40. The molecule has 0 bridgehead atoms. The maximum Gasteiger partial charge on any atom is 0.521 e. The molecule has 0 amide bonds. The molecule has 1 heterocycles. The van der Waals surface area contributed by atoms with Gasteiger partial charge in [0.2, 0.25) is 17.8 Å². The average molecular weight is 503 g/mol. The van der Waals surface area contributed by atoms with Gasteiger partial charge in [-0.25, -0.2) is 0 Å². The van der Waals surface area contributed by atoms with E-state index in [-0.39, 0.29) is 14.9 Å². The smallest absolute Gasteiger partial charge is 0.373 e. The Morgan fingerprint density at radius 1 is 0.676 bits per heavy atom. The maximum absolute atomic E-state index is 5.98. The zero-order valence-corrected chi connectivity index (χ0v) is 22.4. The summed E-state index contributed by atoms with van der Waals surface area (Å²) in [4.78, 5) is 18.8. The van der Waals surface area contributed by atoms with Crippen molar-refractivity contribution in [1.82, 2.24) is 15.0 Å². The molecule has 0 aromatic carbocycles. The highest BCUT2D eigenvalue weighted by atomic mass is 28.4. The number of unbranched alkanes of at least 4 members (excludes halogenated alkanes) is 2. The molecule has 1 aromatic heterocycles. The molecule has 9 nitrogen and oxygen atoms in total. The molecule has 0 radical (unpaired) electrons. The van der Waals surface area contributed by atoms with Crippen molar-refractivity contribution in [3.05, 3.63) is 0 Å². The van der Waals surface area contributed by atoms with E-state index >= 15 is 0 Å². The van der Waals surface area contributed by atoms with Gasteiger partial charge in [-0.2, -0.15) is 15.0 Å². The highest BCUT2D eigenvalue weighted by molar-refractivity contribution is 6.61. The van der Waals surface area contributed by atoms with Gasteiger partial charge in [-0.3, -0.25) is 0 Å². The molecule has 34 heavy (non-hydrogen) atoms. The third kappa shape index (κ3) is 11.3. The largest absolute Gasteiger partial charge is 0.521 e. The summed E-state index contributed by atoms with van der Waals surface area (Å²) >= 11 is 0. The molecular weight excluding hydrogens is 448 g/mol. The van der Waals surface area contributed by atoms with Gasteiger partial charge in [-0.15, -0.1) is 0 Å². The molecule has 0 saturated carbocycles. The number of aromatic nitrogens is 3. The molecular formula is C24H54N6O3Si. The minimum Gasteiger partial charge on any atom is -0.373 e. The standard InChI is InChI=1S/C22H46N6O3Si.2CH4/c1-8-15-17-27(10-3)21-24-20(25-22(26-21)28(11-4)18-16-9-2)23-19-32(29-12-5,30-13-6)31-14-7;;/h8-19H2,1-7H3,(H,23,24,25,26);2*1H4. The predicted octanol–water partition coefficient (Wildman–Crippen LogP) is 5.40. The summed E-state index contributed by atoms with van der Waals surface area (Å²) in [6.07, 6.45) is 4.86. The number of hydrogen-bond acceptors (Lipinski definition) is 9. The number of anilines is 3. The molecule has 0 aliphatic rings. The van der Waals surface area contributed by atoms with Crippen LogP contribution in [0.25, 0.3) is 0 Å². The Morgan fingerprint density at radius 2 is 1.09 bits per heavy atom. The van der Waals surface area contributed by atoms with Gasteiger partial charge in [-0.05, 0) is 47.5 Å². The first kappa shape index (κ1) is 34.7. The number of nitrogens with one attached hydrogen (secondary N) is 1. The Balaban J connectivity index is 0. The minimum absolute atomic E-state index is 0. The van der Waals surface area contributed by atoms with Crippen LogP contribution in [-0.2, 0) is 13.3 Å². The summed E-state index contributed by atoms with van der Waals surface area (Å²) in [6, 6.07) is 0. The van der Waals surface area contributed by atoms with Crippen LogP contribution in [0.1, 0.15) is 89.0 Å². The Kier molecular flexibility index (Phi) is 20.2. The lowest BCUT2D eigenvalue weighted by atomic mass is 10.3. The van der Waals surface area contributed by atoms with Gasteiger partial charge in [0.15, 0.2) is 0 Å². The van der Waals surface area contributed by atoms with Crippen LogP contribution < -0.4 is 15.1 Å². The number of nitrogens with zero attached hydrogens (tertiary/aromatic N) is 5. The van der Waals surface area contributed by atoms with E-state index in [1.54, 1.807) is 0 Å². The van der Waals surface area contributed by atoms with E-state index in [0.717, 1.165) is 51.9 Å². The van der Waals surface area contributed by atoms with Gasteiger partial charge < -0.3 is 28.4 Å². The minimum atomic E-state index is -2.86. The normalized spacial score (nSPS) is 10.9.